The number of amides is 2. The molecule has 39 heavy (non-hydrogen) atoms. The van der Waals surface area contributed by atoms with Crippen LogP contribution in [0.5, 0.6) is 11.5 Å². The van der Waals surface area contributed by atoms with Gasteiger partial charge in [-0.2, -0.15) is 0 Å². The van der Waals surface area contributed by atoms with Gasteiger partial charge in [0.05, 0.1) is 25.2 Å². The summed E-state index contributed by atoms with van der Waals surface area (Å²) < 4.78 is 35.2. The van der Waals surface area contributed by atoms with Crippen molar-refractivity contribution in [3.63, 3.8) is 0 Å². The SMILES string of the molecule is C=CCc1cc(/C=C2/SC(=O)N(Cc3ccc(C(=O)OC)o3)C2=O)cc(OCC)c1OCc1ccc(F)cc1. The van der Waals surface area contributed by atoms with Crippen LogP contribution >= 0.6 is 11.8 Å². The van der Waals surface area contributed by atoms with Gasteiger partial charge < -0.3 is 18.6 Å². The van der Waals surface area contributed by atoms with Crippen molar-refractivity contribution in [1.29, 1.82) is 0 Å². The molecule has 0 bridgehead atoms. The minimum absolute atomic E-state index is 0.0186. The van der Waals surface area contributed by atoms with E-state index in [1.807, 2.05) is 13.0 Å². The molecule has 2 heterocycles. The van der Waals surface area contributed by atoms with E-state index < -0.39 is 17.1 Å². The molecule has 1 aliphatic rings. The fourth-order valence-corrected chi connectivity index (χ4v) is 4.69. The summed E-state index contributed by atoms with van der Waals surface area (Å²) in [7, 11) is 1.23. The summed E-state index contributed by atoms with van der Waals surface area (Å²) in [5.41, 5.74) is 2.20. The number of methoxy groups -OCH3 is 1. The van der Waals surface area contributed by atoms with Gasteiger partial charge in [0.15, 0.2) is 11.5 Å². The highest BCUT2D eigenvalue weighted by Gasteiger charge is 2.36. The maximum atomic E-state index is 13.3. The summed E-state index contributed by atoms with van der Waals surface area (Å²) in [4.78, 5) is 38.6. The van der Waals surface area contributed by atoms with E-state index in [0.29, 0.717) is 30.1 Å². The number of rotatable bonds is 11. The number of thioether (sulfide) groups is 1. The Labute approximate surface area is 229 Å². The molecule has 202 valence electrons. The van der Waals surface area contributed by atoms with Crippen molar-refractivity contribution in [1.82, 2.24) is 4.90 Å². The fraction of sp³-hybridized carbons (Fsp3) is 0.207. The number of imide groups is 1. The zero-order valence-corrected chi connectivity index (χ0v) is 22.2. The molecular weight excluding hydrogens is 525 g/mol. The average molecular weight is 552 g/mol. The van der Waals surface area contributed by atoms with Gasteiger partial charge in [-0.05, 0) is 78.7 Å². The zero-order valence-electron chi connectivity index (χ0n) is 21.4. The summed E-state index contributed by atoms with van der Waals surface area (Å²) >= 11 is 0.807. The van der Waals surface area contributed by atoms with Gasteiger partial charge in [-0.25, -0.2) is 9.18 Å². The van der Waals surface area contributed by atoms with Crippen LogP contribution in [0.4, 0.5) is 9.18 Å². The van der Waals surface area contributed by atoms with Crippen molar-refractivity contribution in [2.75, 3.05) is 13.7 Å². The van der Waals surface area contributed by atoms with Crippen molar-refractivity contribution < 1.29 is 37.4 Å². The lowest BCUT2D eigenvalue weighted by Crippen LogP contribution is -2.27. The van der Waals surface area contributed by atoms with E-state index in [1.165, 1.54) is 31.4 Å². The molecule has 1 aliphatic heterocycles. The van der Waals surface area contributed by atoms with Crippen molar-refractivity contribution >= 4 is 35.0 Å². The van der Waals surface area contributed by atoms with Crippen LogP contribution in [0.15, 0.2) is 70.5 Å². The van der Waals surface area contributed by atoms with E-state index in [2.05, 4.69) is 11.3 Å². The summed E-state index contributed by atoms with van der Waals surface area (Å²) in [5, 5.41) is -0.460. The van der Waals surface area contributed by atoms with Gasteiger partial charge in [-0.1, -0.05) is 18.2 Å². The van der Waals surface area contributed by atoms with E-state index in [-0.39, 0.29) is 35.4 Å². The minimum atomic E-state index is -0.652. The molecule has 0 aliphatic carbocycles. The molecule has 0 N–H and O–H groups in total. The fourth-order valence-electron chi connectivity index (χ4n) is 3.85. The van der Waals surface area contributed by atoms with Gasteiger partial charge in [0.2, 0.25) is 5.76 Å². The summed E-state index contributed by atoms with van der Waals surface area (Å²) in [6.07, 6.45) is 3.80. The number of allylic oxidation sites excluding steroid dienone is 1. The Balaban J connectivity index is 1.58. The Morgan fingerprint density at radius 1 is 1.13 bits per heavy atom. The molecule has 1 aromatic heterocycles. The molecule has 2 amide bonds. The number of nitrogens with zero attached hydrogens (tertiary/aromatic N) is 1. The molecule has 3 aromatic rings. The smallest absolute Gasteiger partial charge is 0.373 e. The third-order valence-corrected chi connectivity index (χ3v) is 6.56. The normalized spacial score (nSPS) is 14.1. The Bertz CT molecular complexity index is 1430. The lowest BCUT2D eigenvalue weighted by Gasteiger charge is -2.17. The second kappa shape index (κ2) is 12.5. The Hall–Kier alpha value is -4.31. The first-order valence-corrected chi connectivity index (χ1v) is 12.8. The van der Waals surface area contributed by atoms with Crippen LogP contribution in [0.1, 0.15) is 39.9 Å². The molecule has 0 atom stereocenters. The number of hydrogen-bond acceptors (Lipinski definition) is 8. The lowest BCUT2D eigenvalue weighted by molar-refractivity contribution is -0.123. The maximum Gasteiger partial charge on any atom is 0.373 e. The van der Waals surface area contributed by atoms with Crippen LogP contribution in [0, 0.1) is 5.82 Å². The molecule has 8 nitrogen and oxygen atoms in total. The molecule has 2 aromatic carbocycles. The number of carbonyl (C=O) groups excluding carboxylic acids is 3. The summed E-state index contributed by atoms with van der Waals surface area (Å²) in [6.45, 7) is 6.11. The maximum absolute atomic E-state index is 13.3. The van der Waals surface area contributed by atoms with Crippen molar-refractivity contribution in [2.45, 2.75) is 26.5 Å². The van der Waals surface area contributed by atoms with E-state index >= 15 is 0 Å². The number of hydrogen-bond donors (Lipinski definition) is 0. The first kappa shape index (κ1) is 27.7. The van der Waals surface area contributed by atoms with E-state index in [1.54, 1.807) is 30.4 Å². The number of esters is 1. The third-order valence-electron chi connectivity index (χ3n) is 5.65. The van der Waals surface area contributed by atoms with Crippen molar-refractivity contribution in [3.8, 4) is 11.5 Å². The molecule has 0 radical (unpaired) electrons. The first-order valence-electron chi connectivity index (χ1n) is 12.0. The topological polar surface area (TPSA) is 95.3 Å². The van der Waals surface area contributed by atoms with Gasteiger partial charge in [-0.3, -0.25) is 14.5 Å². The molecule has 1 fully saturated rings. The highest BCUT2D eigenvalue weighted by atomic mass is 32.2. The molecular formula is C29H26FNO7S. The predicted molar refractivity (Wildman–Crippen MR) is 144 cm³/mol. The largest absolute Gasteiger partial charge is 0.490 e. The molecule has 1 saturated heterocycles. The van der Waals surface area contributed by atoms with Crippen LogP contribution < -0.4 is 9.47 Å². The highest BCUT2D eigenvalue weighted by Crippen LogP contribution is 2.38. The monoisotopic (exact) mass is 551 g/mol. The van der Waals surface area contributed by atoms with E-state index in [0.717, 1.165) is 27.8 Å². The van der Waals surface area contributed by atoms with Gasteiger partial charge in [0.1, 0.15) is 18.2 Å². The van der Waals surface area contributed by atoms with Crippen molar-refractivity contribution in [3.05, 3.63) is 100 Å². The second-order valence-corrected chi connectivity index (χ2v) is 9.37. The quantitative estimate of drug-likeness (QED) is 0.159. The van der Waals surface area contributed by atoms with Gasteiger partial charge in [-0.15, -0.1) is 6.58 Å². The third kappa shape index (κ3) is 6.58. The van der Waals surface area contributed by atoms with E-state index in [9.17, 15) is 18.8 Å². The zero-order chi connectivity index (χ0) is 27.9. The van der Waals surface area contributed by atoms with Crippen molar-refractivity contribution in [2.24, 2.45) is 0 Å². The van der Waals surface area contributed by atoms with Gasteiger partial charge in [0.25, 0.3) is 11.1 Å². The standard InChI is InChI=1S/C29H26FNO7S/c1-4-6-20-13-19(14-24(36-5-2)26(20)37-17-18-7-9-21(30)10-8-18)15-25-27(32)31(29(34)39-25)16-22-11-12-23(38-22)28(33)35-3/h4,7-15H,1,5-6,16-17H2,2-3H3/b25-15+. The number of carbonyl (C=O) groups is 3. The summed E-state index contributed by atoms with van der Waals surface area (Å²) in [5.74, 6) is -0.226. The number of halogens is 1. The van der Waals surface area contributed by atoms with Crippen LogP contribution in [-0.4, -0.2) is 35.7 Å². The van der Waals surface area contributed by atoms with Gasteiger partial charge in [0, 0.05) is 5.56 Å². The average Bonchev–Trinajstić information content (AvgIpc) is 3.49. The summed E-state index contributed by atoms with van der Waals surface area (Å²) in [6, 6.07) is 12.5. The lowest BCUT2D eigenvalue weighted by atomic mass is 10.0. The molecule has 0 unspecified atom stereocenters. The van der Waals surface area contributed by atoms with Gasteiger partial charge >= 0.3 is 5.97 Å². The highest BCUT2D eigenvalue weighted by molar-refractivity contribution is 8.18. The van der Waals surface area contributed by atoms with E-state index in [4.69, 9.17) is 13.9 Å². The Kier molecular flexibility index (Phi) is 8.88. The van der Waals surface area contributed by atoms with Crippen LogP contribution in [0.25, 0.3) is 6.08 Å². The predicted octanol–water partition coefficient (Wildman–Crippen LogP) is 6.15. The van der Waals surface area contributed by atoms with Crippen LogP contribution in [0.2, 0.25) is 0 Å². The van der Waals surface area contributed by atoms with Crippen LogP contribution in [-0.2, 0) is 29.1 Å². The minimum Gasteiger partial charge on any atom is -0.490 e. The number of furan rings is 1. The second-order valence-electron chi connectivity index (χ2n) is 8.37. The first-order chi connectivity index (χ1) is 18.8. The molecule has 10 heteroatoms. The molecule has 0 spiro atoms. The molecule has 0 saturated carbocycles. The Morgan fingerprint density at radius 3 is 2.59 bits per heavy atom. The van der Waals surface area contributed by atoms with Crippen LogP contribution in [0.3, 0.4) is 0 Å². The number of benzene rings is 2. The number of ether oxygens (including phenoxy) is 3. The Morgan fingerprint density at radius 2 is 1.90 bits per heavy atom. The molecule has 4 rings (SSSR count).